The van der Waals surface area contributed by atoms with E-state index in [1.54, 1.807) is 0 Å². The minimum absolute atomic E-state index is 0.605. The summed E-state index contributed by atoms with van der Waals surface area (Å²) >= 11 is 0. The molecule has 2 rings (SSSR count). The van der Waals surface area contributed by atoms with Gasteiger partial charge in [0.2, 0.25) is 0 Å². The van der Waals surface area contributed by atoms with E-state index in [1.807, 2.05) is 7.05 Å². The number of rotatable bonds is 7. The summed E-state index contributed by atoms with van der Waals surface area (Å²) in [4.78, 5) is 17.4. The minimum atomic E-state index is 0.605. The zero-order chi connectivity index (χ0) is 14.5. The Morgan fingerprint density at radius 3 is 2.70 bits per heavy atom. The Bertz CT molecular complexity index is 585. The van der Waals surface area contributed by atoms with Crippen LogP contribution < -0.4 is 4.90 Å². The minimum Gasteiger partial charge on any atom is -0.372 e. The molecule has 20 heavy (non-hydrogen) atoms. The van der Waals surface area contributed by atoms with E-state index in [9.17, 15) is 4.79 Å². The molecule has 1 heterocycles. The zero-order valence-corrected chi connectivity index (χ0v) is 12.6. The van der Waals surface area contributed by atoms with Crippen LogP contribution in [-0.4, -0.2) is 28.9 Å². The van der Waals surface area contributed by atoms with Gasteiger partial charge in [-0.1, -0.05) is 0 Å². The Morgan fingerprint density at radius 1 is 1.30 bits per heavy atom. The van der Waals surface area contributed by atoms with Crippen molar-refractivity contribution in [3.63, 3.8) is 0 Å². The van der Waals surface area contributed by atoms with Gasteiger partial charge in [0.15, 0.2) is 0 Å². The summed E-state index contributed by atoms with van der Waals surface area (Å²) in [6.45, 7) is 6.33. The third-order valence-corrected chi connectivity index (χ3v) is 3.81. The van der Waals surface area contributed by atoms with Crippen LogP contribution in [0.2, 0.25) is 0 Å². The van der Waals surface area contributed by atoms with Gasteiger partial charge in [0.1, 0.15) is 12.1 Å². The number of benzene rings is 1. The van der Waals surface area contributed by atoms with Gasteiger partial charge in [-0.15, -0.1) is 0 Å². The quantitative estimate of drug-likeness (QED) is 0.575. The standard InChI is InChI=1S/C16H23N3O/c1-4-19(5-2)13-9-10-15-14(12-13)17-16(18(15)3)8-6-7-11-20/h9-12H,4-8H2,1-3H3. The van der Waals surface area contributed by atoms with Gasteiger partial charge < -0.3 is 14.3 Å². The van der Waals surface area contributed by atoms with Crippen LogP contribution in [0, 0.1) is 0 Å². The first-order chi connectivity index (χ1) is 9.71. The molecule has 0 saturated carbocycles. The second-order valence-corrected chi connectivity index (χ2v) is 4.99. The fraction of sp³-hybridized carbons (Fsp3) is 0.500. The Labute approximate surface area is 120 Å². The highest BCUT2D eigenvalue weighted by atomic mass is 16.1. The Morgan fingerprint density at radius 2 is 2.05 bits per heavy atom. The lowest BCUT2D eigenvalue weighted by atomic mass is 10.2. The number of nitrogens with zero attached hydrogens (tertiary/aromatic N) is 3. The van der Waals surface area contributed by atoms with Crippen LogP contribution in [0.3, 0.4) is 0 Å². The fourth-order valence-electron chi connectivity index (χ4n) is 2.59. The maximum Gasteiger partial charge on any atom is 0.120 e. The van der Waals surface area contributed by atoms with Gasteiger partial charge in [-0.25, -0.2) is 4.98 Å². The average molecular weight is 273 g/mol. The molecular formula is C16H23N3O. The zero-order valence-electron chi connectivity index (χ0n) is 12.6. The molecular weight excluding hydrogens is 250 g/mol. The van der Waals surface area contributed by atoms with E-state index in [4.69, 9.17) is 4.98 Å². The Hall–Kier alpha value is -1.84. The van der Waals surface area contributed by atoms with E-state index < -0.39 is 0 Å². The highest BCUT2D eigenvalue weighted by molar-refractivity contribution is 5.80. The first kappa shape index (κ1) is 14.6. The topological polar surface area (TPSA) is 38.1 Å². The predicted molar refractivity (Wildman–Crippen MR) is 83.3 cm³/mol. The second kappa shape index (κ2) is 6.55. The highest BCUT2D eigenvalue weighted by Crippen LogP contribution is 2.23. The molecule has 2 aromatic rings. The number of unbranched alkanes of at least 4 members (excludes halogenated alkanes) is 1. The van der Waals surface area contributed by atoms with Crippen molar-refractivity contribution in [2.45, 2.75) is 33.1 Å². The highest BCUT2D eigenvalue weighted by Gasteiger charge is 2.10. The number of fused-ring (bicyclic) bond motifs is 1. The van der Waals surface area contributed by atoms with Gasteiger partial charge in [-0.2, -0.15) is 0 Å². The molecule has 0 atom stereocenters. The lowest BCUT2D eigenvalue weighted by molar-refractivity contribution is -0.107. The molecule has 0 spiro atoms. The molecule has 0 aliphatic rings. The van der Waals surface area contributed by atoms with E-state index in [1.165, 1.54) is 5.69 Å². The fourth-order valence-corrected chi connectivity index (χ4v) is 2.59. The molecule has 0 aliphatic heterocycles. The molecule has 0 aliphatic carbocycles. The molecule has 0 fully saturated rings. The number of carbonyl (C=O) groups excluding carboxylic acids is 1. The van der Waals surface area contributed by atoms with Gasteiger partial charge in [0, 0.05) is 38.7 Å². The Balaban J connectivity index is 2.31. The van der Waals surface area contributed by atoms with Gasteiger partial charge in [0.05, 0.1) is 11.0 Å². The lowest BCUT2D eigenvalue weighted by Gasteiger charge is -2.20. The second-order valence-electron chi connectivity index (χ2n) is 4.99. The molecule has 1 aromatic heterocycles. The summed E-state index contributed by atoms with van der Waals surface area (Å²) in [7, 11) is 2.04. The molecule has 0 amide bonds. The summed E-state index contributed by atoms with van der Waals surface area (Å²) in [5, 5.41) is 0. The van der Waals surface area contributed by atoms with Crippen molar-refractivity contribution in [1.82, 2.24) is 9.55 Å². The van der Waals surface area contributed by atoms with E-state index in [2.05, 4.69) is 41.5 Å². The molecule has 0 N–H and O–H groups in total. The molecule has 0 saturated heterocycles. The number of carbonyl (C=O) groups is 1. The van der Waals surface area contributed by atoms with Crippen LogP contribution in [0.25, 0.3) is 11.0 Å². The van der Waals surface area contributed by atoms with Gasteiger partial charge >= 0.3 is 0 Å². The number of aromatic nitrogens is 2. The maximum absolute atomic E-state index is 10.4. The van der Waals surface area contributed by atoms with Crippen molar-refractivity contribution < 1.29 is 4.79 Å². The summed E-state index contributed by atoms with van der Waals surface area (Å²) in [6.07, 6.45) is 3.29. The van der Waals surface area contributed by atoms with E-state index in [0.29, 0.717) is 6.42 Å². The van der Waals surface area contributed by atoms with Crippen molar-refractivity contribution >= 4 is 23.0 Å². The summed E-state index contributed by atoms with van der Waals surface area (Å²) in [5.41, 5.74) is 3.42. The van der Waals surface area contributed by atoms with Crippen LogP contribution in [0.15, 0.2) is 18.2 Å². The largest absolute Gasteiger partial charge is 0.372 e. The van der Waals surface area contributed by atoms with Crippen LogP contribution in [0.5, 0.6) is 0 Å². The third-order valence-electron chi connectivity index (χ3n) is 3.81. The summed E-state index contributed by atoms with van der Waals surface area (Å²) in [6, 6.07) is 6.46. The van der Waals surface area contributed by atoms with Crippen molar-refractivity contribution in [2.24, 2.45) is 7.05 Å². The molecule has 1 aromatic carbocycles. The number of imidazole rings is 1. The molecule has 0 bridgehead atoms. The van der Waals surface area contributed by atoms with Gasteiger partial charge in [-0.3, -0.25) is 0 Å². The van der Waals surface area contributed by atoms with Gasteiger partial charge in [-0.05, 0) is 38.5 Å². The summed E-state index contributed by atoms with van der Waals surface area (Å²) < 4.78 is 2.13. The maximum atomic E-state index is 10.4. The first-order valence-corrected chi connectivity index (χ1v) is 7.35. The monoisotopic (exact) mass is 273 g/mol. The van der Waals surface area contributed by atoms with E-state index in [-0.39, 0.29) is 0 Å². The van der Waals surface area contributed by atoms with Crippen LogP contribution in [0.4, 0.5) is 5.69 Å². The average Bonchev–Trinajstić information content (AvgIpc) is 2.77. The third kappa shape index (κ3) is 2.84. The first-order valence-electron chi connectivity index (χ1n) is 7.35. The van der Waals surface area contributed by atoms with Crippen molar-refractivity contribution in [3.8, 4) is 0 Å². The number of hydrogen-bond acceptors (Lipinski definition) is 3. The predicted octanol–water partition coefficient (Wildman–Crippen LogP) is 2.94. The molecule has 4 nitrogen and oxygen atoms in total. The van der Waals surface area contributed by atoms with Crippen molar-refractivity contribution in [1.29, 1.82) is 0 Å². The van der Waals surface area contributed by atoms with Crippen LogP contribution >= 0.6 is 0 Å². The van der Waals surface area contributed by atoms with E-state index >= 15 is 0 Å². The van der Waals surface area contributed by atoms with Crippen molar-refractivity contribution in [2.75, 3.05) is 18.0 Å². The molecule has 108 valence electrons. The van der Waals surface area contributed by atoms with Crippen LogP contribution in [-0.2, 0) is 18.3 Å². The van der Waals surface area contributed by atoms with E-state index in [0.717, 1.165) is 49.1 Å². The van der Waals surface area contributed by atoms with Crippen molar-refractivity contribution in [3.05, 3.63) is 24.0 Å². The normalized spacial score (nSPS) is 10.9. The number of hydrogen-bond donors (Lipinski definition) is 0. The number of aldehydes is 1. The Kier molecular flexibility index (Phi) is 4.77. The SMILES string of the molecule is CCN(CC)c1ccc2c(c1)nc(CCCC=O)n2C. The molecule has 0 radical (unpaired) electrons. The van der Waals surface area contributed by atoms with Crippen LogP contribution in [0.1, 0.15) is 32.5 Å². The summed E-state index contributed by atoms with van der Waals surface area (Å²) in [5.74, 6) is 1.05. The smallest absolute Gasteiger partial charge is 0.120 e. The number of anilines is 1. The number of aryl methyl sites for hydroxylation is 2. The molecule has 4 heteroatoms. The lowest BCUT2D eigenvalue weighted by Crippen LogP contribution is -2.21. The van der Waals surface area contributed by atoms with Gasteiger partial charge in [0.25, 0.3) is 0 Å². The molecule has 0 unspecified atom stereocenters.